The number of anilines is 1. The van der Waals surface area contributed by atoms with Crippen LogP contribution < -0.4 is 11.5 Å². The number of aryl methyl sites for hydroxylation is 1. The smallest absolute Gasteiger partial charge is 0.244 e. The van der Waals surface area contributed by atoms with Crippen LogP contribution in [0.25, 0.3) is 0 Å². The Labute approximate surface area is 141 Å². The van der Waals surface area contributed by atoms with E-state index in [-0.39, 0.29) is 30.1 Å². The van der Waals surface area contributed by atoms with Crippen LogP contribution in [0.1, 0.15) is 25.0 Å². The number of nitrogen functional groups attached to an aromatic ring is 1. The van der Waals surface area contributed by atoms with Gasteiger partial charge >= 0.3 is 0 Å². The summed E-state index contributed by atoms with van der Waals surface area (Å²) in [5, 5.41) is 14.5. The predicted molar refractivity (Wildman–Crippen MR) is 89.0 cm³/mol. The highest BCUT2D eigenvalue weighted by atomic mass is 16.5. The van der Waals surface area contributed by atoms with Gasteiger partial charge in [0.1, 0.15) is 12.4 Å². The van der Waals surface area contributed by atoms with Gasteiger partial charge in [0, 0.05) is 37.5 Å². The van der Waals surface area contributed by atoms with Crippen molar-refractivity contribution in [3.8, 4) is 0 Å². The Morgan fingerprint density at radius 1 is 1.50 bits per heavy atom. The van der Waals surface area contributed by atoms with Crippen LogP contribution in [0, 0.1) is 12.3 Å². The van der Waals surface area contributed by atoms with E-state index in [1.165, 1.54) is 4.68 Å². The van der Waals surface area contributed by atoms with Gasteiger partial charge in [-0.05, 0) is 19.8 Å². The molecule has 2 atom stereocenters. The van der Waals surface area contributed by atoms with Crippen LogP contribution in [0.2, 0.25) is 0 Å². The third-order valence-corrected chi connectivity index (χ3v) is 5.44. The molecule has 1 amide bonds. The van der Waals surface area contributed by atoms with Gasteiger partial charge in [-0.3, -0.25) is 4.79 Å². The van der Waals surface area contributed by atoms with Crippen molar-refractivity contribution in [3.05, 3.63) is 11.8 Å². The molecular formula is C16H27N5O3. The Balaban J connectivity index is 1.56. The van der Waals surface area contributed by atoms with Gasteiger partial charge in [0.25, 0.3) is 0 Å². The van der Waals surface area contributed by atoms with Gasteiger partial charge in [-0.25, -0.2) is 4.68 Å². The van der Waals surface area contributed by atoms with Gasteiger partial charge in [-0.15, -0.1) is 0 Å². The Kier molecular flexibility index (Phi) is 4.80. The minimum atomic E-state index is -0.345. The first-order chi connectivity index (χ1) is 11.5. The number of aliphatic hydroxyl groups is 1. The van der Waals surface area contributed by atoms with Gasteiger partial charge in [0.2, 0.25) is 5.91 Å². The molecule has 5 N–H and O–H groups in total. The molecule has 1 spiro atoms. The van der Waals surface area contributed by atoms with Crippen molar-refractivity contribution in [1.82, 2.24) is 14.7 Å². The van der Waals surface area contributed by atoms with Crippen molar-refractivity contribution in [1.29, 1.82) is 0 Å². The SMILES string of the molecule is Cc1cc(N)n(CC(=O)N2CCC3(CC2)[C@@H](O)C[C@H]3OCCN)n1. The minimum absolute atomic E-state index is 0.00731. The number of aromatic nitrogens is 2. The number of amides is 1. The number of aliphatic hydroxyl groups excluding tert-OH is 1. The fraction of sp³-hybridized carbons (Fsp3) is 0.750. The van der Waals surface area contributed by atoms with Gasteiger partial charge < -0.3 is 26.2 Å². The van der Waals surface area contributed by atoms with Crippen LogP contribution in [-0.2, 0) is 16.1 Å². The maximum atomic E-state index is 12.5. The standard InChI is InChI=1S/C16H27N5O3/c1-11-8-14(18)21(19-11)10-15(23)20-5-2-16(3-6-20)12(22)9-13(16)24-7-4-17/h8,12-13,22H,2-7,9-10,17-18H2,1H3/t12-,13+/m0/s1. The number of likely N-dealkylation sites (tertiary alicyclic amines) is 1. The maximum Gasteiger partial charge on any atom is 0.244 e. The molecule has 0 unspecified atom stereocenters. The molecule has 8 nitrogen and oxygen atoms in total. The van der Waals surface area contributed by atoms with E-state index >= 15 is 0 Å². The van der Waals surface area contributed by atoms with Crippen LogP contribution in [0.4, 0.5) is 5.82 Å². The first-order valence-corrected chi connectivity index (χ1v) is 8.53. The molecule has 0 radical (unpaired) electrons. The van der Waals surface area contributed by atoms with E-state index in [0.717, 1.165) is 18.5 Å². The zero-order valence-corrected chi connectivity index (χ0v) is 14.1. The lowest BCUT2D eigenvalue weighted by Gasteiger charge is -2.56. The number of hydrogen-bond donors (Lipinski definition) is 3. The van der Waals surface area contributed by atoms with Crippen LogP contribution in [-0.4, -0.2) is 64.1 Å². The Hall–Kier alpha value is -1.64. The third-order valence-electron chi connectivity index (χ3n) is 5.44. The Morgan fingerprint density at radius 3 is 2.75 bits per heavy atom. The number of piperidine rings is 1. The molecule has 1 aliphatic heterocycles. The van der Waals surface area contributed by atoms with Crippen molar-refractivity contribution < 1.29 is 14.6 Å². The summed E-state index contributed by atoms with van der Waals surface area (Å²) in [7, 11) is 0. The number of ether oxygens (including phenoxy) is 1. The molecular weight excluding hydrogens is 310 g/mol. The highest BCUT2D eigenvalue weighted by Crippen LogP contribution is 2.50. The monoisotopic (exact) mass is 337 g/mol. The van der Waals surface area contributed by atoms with Crippen LogP contribution in [0.5, 0.6) is 0 Å². The van der Waals surface area contributed by atoms with E-state index in [2.05, 4.69) is 5.10 Å². The quantitative estimate of drug-likeness (QED) is 0.666. The largest absolute Gasteiger partial charge is 0.392 e. The number of carbonyl (C=O) groups excluding carboxylic acids is 1. The first-order valence-electron chi connectivity index (χ1n) is 8.53. The molecule has 8 heteroatoms. The van der Waals surface area contributed by atoms with E-state index < -0.39 is 0 Å². The topological polar surface area (TPSA) is 120 Å². The molecule has 1 aromatic rings. The molecule has 0 aromatic carbocycles. The van der Waals surface area contributed by atoms with Crippen molar-refractivity contribution in [3.63, 3.8) is 0 Å². The zero-order valence-electron chi connectivity index (χ0n) is 14.1. The summed E-state index contributed by atoms with van der Waals surface area (Å²) in [6.07, 6.45) is 1.88. The second-order valence-corrected chi connectivity index (χ2v) is 6.88. The van der Waals surface area contributed by atoms with Gasteiger partial charge in [0.15, 0.2) is 0 Å². The molecule has 1 aromatic heterocycles. The van der Waals surface area contributed by atoms with Gasteiger partial charge in [0.05, 0.1) is 24.5 Å². The average Bonchev–Trinajstić information content (AvgIpc) is 2.88. The summed E-state index contributed by atoms with van der Waals surface area (Å²) < 4.78 is 7.32. The molecule has 2 fully saturated rings. The summed E-state index contributed by atoms with van der Waals surface area (Å²) in [5.74, 6) is 0.506. The second-order valence-electron chi connectivity index (χ2n) is 6.88. The summed E-state index contributed by atoms with van der Waals surface area (Å²) in [4.78, 5) is 14.3. The number of carbonyl (C=O) groups is 1. The van der Waals surface area contributed by atoms with E-state index in [4.69, 9.17) is 16.2 Å². The molecule has 2 aliphatic rings. The van der Waals surface area contributed by atoms with E-state index in [0.29, 0.717) is 38.5 Å². The number of hydrogen-bond acceptors (Lipinski definition) is 6. The fourth-order valence-corrected chi connectivity index (χ4v) is 3.92. The molecule has 1 aliphatic carbocycles. The Morgan fingerprint density at radius 2 is 2.21 bits per heavy atom. The number of nitrogens with zero attached hydrogens (tertiary/aromatic N) is 3. The van der Waals surface area contributed by atoms with Crippen molar-refractivity contribution >= 4 is 11.7 Å². The predicted octanol–water partition coefficient (Wildman–Crippen LogP) is -0.509. The van der Waals surface area contributed by atoms with E-state index in [9.17, 15) is 9.90 Å². The summed E-state index contributed by atoms with van der Waals surface area (Å²) >= 11 is 0. The highest BCUT2D eigenvalue weighted by molar-refractivity contribution is 5.76. The summed E-state index contributed by atoms with van der Waals surface area (Å²) in [6.45, 7) is 4.25. The van der Waals surface area contributed by atoms with Crippen molar-refractivity contribution in [2.75, 3.05) is 32.0 Å². The van der Waals surface area contributed by atoms with Crippen LogP contribution >= 0.6 is 0 Å². The average molecular weight is 337 g/mol. The van der Waals surface area contributed by atoms with E-state index in [1.54, 1.807) is 6.07 Å². The fourth-order valence-electron chi connectivity index (χ4n) is 3.92. The molecule has 1 saturated heterocycles. The molecule has 2 heterocycles. The molecule has 24 heavy (non-hydrogen) atoms. The normalized spacial score (nSPS) is 25.7. The van der Waals surface area contributed by atoms with Crippen LogP contribution in [0.3, 0.4) is 0 Å². The van der Waals surface area contributed by atoms with E-state index in [1.807, 2.05) is 11.8 Å². The number of rotatable bonds is 5. The minimum Gasteiger partial charge on any atom is -0.392 e. The molecule has 3 rings (SSSR count). The Bertz CT molecular complexity index is 595. The second kappa shape index (κ2) is 6.70. The lowest BCUT2D eigenvalue weighted by molar-refractivity contribution is -0.210. The summed E-state index contributed by atoms with van der Waals surface area (Å²) in [6, 6.07) is 1.75. The van der Waals surface area contributed by atoms with Gasteiger partial charge in [-0.2, -0.15) is 5.10 Å². The highest BCUT2D eigenvalue weighted by Gasteiger charge is 2.56. The summed E-state index contributed by atoms with van der Waals surface area (Å²) in [5.41, 5.74) is 11.9. The van der Waals surface area contributed by atoms with Crippen molar-refractivity contribution in [2.45, 2.75) is 44.9 Å². The third kappa shape index (κ3) is 3.01. The molecule has 134 valence electrons. The van der Waals surface area contributed by atoms with Crippen molar-refractivity contribution in [2.24, 2.45) is 11.1 Å². The molecule has 1 saturated carbocycles. The molecule has 0 bridgehead atoms. The lowest BCUT2D eigenvalue weighted by atomic mass is 9.58. The lowest BCUT2D eigenvalue weighted by Crippen LogP contribution is -2.63. The first kappa shape index (κ1) is 17.2. The van der Waals surface area contributed by atoms with Crippen LogP contribution in [0.15, 0.2) is 6.07 Å². The number of nitrogens with two attached hydrogens (primary N) is 2. The zero-order chi connectivity index (χ0) is 17.3. The maximum absolute atomic E-state index is 12.5. The van der Waals surface area contributed by atoms with Gasteiger partial charge in [-0.1, -0.05) is 0 Å².